The molecule has 2 aromatic rings. The van der Waals surface area contributed by atoms with E-state index in [0.29, 0.717) is 22.5 Å². The fourth-order valence-corrected chi connectivity index (χ4v) is 3.16. The van der Waals surface area contributed by atoms with E-state index >= 15 is 0 Å². The molecule has 1 heterocycles. The van der Waals surface area contributed by atoms with Crippen molar-refractivity contribution < 1.29 is 14.3 Å². The highest BCUT2D eigenvalue weighted by Crippen LogP contribution is 2.41. The summed E-state index contributed by atoms with van der Waals surface area (Å²) in [6.07, 6.45) is 0. The van der Waals surface area contributed by atoms with Crippen molar-refractivity contribution in [2.24, 2.45) is 0 Å². The third kappa shape index (κ3) is 2.48. The van der Waals surface area contributed by atoms with Gasteiger partial charge in [0.15, 0.2) is 5.43 Å². The van der Waals surface area contributed by atoms with E-state index in [-0.39, 0.29) is 11.0 Å². The molecular formula is C21H14O4. The van der Waals surface area contributed by atoms with Gasteiger partial charge < -0.3 is 9.52 Å². The van der Waals surface area contributed by atoms with Crippen molar-refractivity contribution in [1.82, 2.24) is 0 Å². The molecular weight excluding hydrogens is 316 g/mol. The molecule has 0 atom stereocenters. The molecule has 1 aliphatic heterocycles. The number of hydrogen-bond acceptors (Lipinski definition) is 3. The largest absolute Gasteiger partial charge is 0.478 e. The first-order valence-electron chi connectivity index (χ1n) is 7.84. The number of hydrogen-bond donors (Lipinski definition) is 1. The third-order valence-corrected chi connectivity index (χ3v) is 4.28. The van der Waals surface area contributed by atoms with Gasteiger partial charge in [-0.3, -0.25) is 4.79 Å². The number of carbonyl (C=O) groups is 1. The molecule has 4 nitrogen and oxygen atoms in total. The Balaban J connectivity index is 2.22. The molecule has 0 radical (unpaired) electrons. The maximum absolute atomic E-state index is 11.8. The van der Waals surface area contributed by atoms with E-state index in [0.717, 1.165) is 16.5 Å². The first kappa shape index (κ1) is 15.1. The van der Waals surface area contributed by atoms with Crippen LogP contribution in [-0.4, -0.2) is 11.1 Å². The second kappa shape index (κ2) is 5.60. The Bertz CT molecular complexity index is 1150. The van der Waals surface area contributed by atoms with E-state index in [1.54, 1.807) is 30.3 Å². The second-order valence-electron chi connectivity index (χ2n) is 5.99. The summed E-state index contributed by atoms with van der Waals surface area (Å²) in [4.78, 5) is 23.5. The quantitative estimate of drug-likeness (QED) is 0.547. The van der Waals surface area contributed by atoms with E-state index in [9.17, 15) is 14.7 Å². The number of aryl methyl sites for hydroxylation is 1. The zero-order valence-corrected chi connectivity index (χ0v) is 13.4. The van der Waals surface area contributed by atoms with Gasteiger partial charge in [-0.05, 0) is 42.3 Å². The smallest absolute Gasteiger partial charge is 0.336 e. The van der Waals surface area contributed by atoms with Gasteiger partial charge in [0.1, 0.15) is 11.3 Å². The van der Waals surface area contributed by atoms with E-state index in [2.05, 4.69) is 0 Å². The Morgan fingerprint density at radius 2 is 1.76 bits per heavy atom. The summed E-state index contributed by atoms with van der Waals surface area (Å²) in [6, 6.07) is 17.2. The van der Waals surface area contributed by atoms with Crippen molar-refractivity contribution in [2.75, 3.05) is 0 Å². The maximum Gasteiger partial charge on any atom is 0.336 e. The van der Waals surface area contributed by atoms with Gasteiger partial charge in [0.25, 0.3) is 0 Å². The Kier molecular flexibility index (Phi) is 3.39. The van der Waals surface area contributed by atoms with Crippen LogP contribution in [0.3, 0.4) is 0 Å². The SMILES string of the molecule is Cc1ccc2c(-c3ccccc3C(=O)O)c3ccc(=O)cc-3oc2c1. The zero-order chi connectivity index (χ0) is 17.6. The lowest BCUT2D eigenvalue weighted by atomic mass is 9.90. The minimum Gasteiger partial charge on any atom is -0.478 e. The highest BCUT2D eigenvalue weighted by molar-refractivity contribution is 6.07. The summed E-state index contributed by atoms with van der Waals surface area (Å²) in [5, 5.41) is 10.4. The van der Waals surface area contributed by atoms with Crippen molar-refractivity contribution >= 4 is 16.9 Å². The van der Waals surface area contributed by atoms with Gasteiger partial charge in [-0.1, -0.05) is 30.3 Å². The van der Waals surface area contributed by atoms with Crippen LogP contribution in [0.1, 0.15) is 15.9 Å². The van der Waals surface area contributed by atoms with Crippen LogP contribution in [0.15, 0.2) is 69.9 Å². The van der Waals surface area contributed by atoms with Gasteiger partial charge in [0.2, 0.25) is 0 Å². The van der Waals surface area contributed by atoms with Crippen LogP contribution >= 0.6 is 0 Å². The summed E-state index contributed by atoms with van der Waals surface area (Å²) in [5.41, 5.74) is 3.77. The molecule has 2 aliphatic rings. The Labute approximate surface area is 143 Å². The van der Waals surface area contributed by atoms with Crippen molar-refractivity contribution in [1.29, 1.82) is 0 Å². The molecule has 1 aliphatic carbocycles. The first-order chi connectivity index (χ1) is 12.0. The highest BCUT2D eigenvalue weighted by atomic mass is 16.4. The average Bonchev–Trinajstić information content (AvgIpc) is 2.59. The molecule has 1 N–H and O–H groups in total. The molecule has 0 amide bonds. The predicted molar refractivity (Wildman–Crippen MR) is 96.2 cm³/mol. The van der Waals surface area contributed by atoms with Gasteiger partial charge in [0, 0.05) is 22.6 Å². The van der Waals surface area contributed by atoms with Crippen LogP contribution in [0.2, 0.25) is 0 Å². The molecule has 122 valence electrons. The number of fused-ring (bicyclic) bond motifs is 2. The van der Waals surface area contributed by atoms with E-state index in [1.807, 2.05) is 25.1 Å². The highest BCUT2D eigenvalue weighted by Gasteiger charge is 2.21. The number of carboxylic acids is 1. The topological polar surface area (TPSA) is 67.5 Å². The molecule has 4 heteroatoms. The van der Waals surface area contributed by atoms with Crippen LogP contribution in [0, 0.1) is 6.92 Å². The summed E-state index contributed by atoms with van der Waals surface area (Å²) in [7, 11) is 0. The molecule has 0 saturated heterocycles. The monoisotopic (exact) mass is 330 g/mol. The molecule has 0 spiro atoms. The van der Waals surface area contributed by atoms with Crippen LogP contribution < -0.4 is 5.43 Å². The summed E-state index contributed by atoms with van der Waals surface area (Å²) in [5.74, 6) is -0.550. The Morgan fingerprint density at radius 1 is 0.960 bits per heavy atom. The molecule has 25 heavy (non-hydrogen) atoms. The zero-order valence-electron chi connectivity index (χ0n) is 13.4. The fraction of sp³-hybridized carbons (Fsp3) is 0.0476. The van der Waals surface area contributed by atoms with Crippen molar-refractivity contribution in [3.05, 3.63) is 82.0 Å². The molecule has 0 bridgehead atoms. The maximum atomic E-state index is 11.8. The molecule has 4 rings (SSSR count). The van der Waals surface area contributed by atoms with Crippen LogP contribution in [0.4, 0.5) is 0 Å². The van der Waals surface area contributed by atoms with E-state index < -0.39 is 5.97 Å². The predicted octanol–water partition coefficient (Wildman–Crippen LogP) is 4.57. The summed E-state index contributed by atoms with van der Waals surface area (Å²) < 4.78 is 5.92. The molecule has 0 unspecified atom stereocenters. The average molecular weight is 330 g/mol. The lowest BCUT2D eigenvalue weighted by Gasteiger charge is -2.16. The summed E-state index contributed by atoms with van der Waals surface area (Å²) >= 11 is 0. The van der Waals surface area contributed by atoms with E-state index in [1.165, 1.54) is 12.1 Å². The Morgan fingerprint density at radius 3 is 2.56 bits per heavy atom. The van der Waals surface area contributed by atoms with E-state index in [4.69, 9.17) is 4.42 Å². The first-order valence-corrected chi connectivity index (χ1v) is 7.84. The van der Waals surface area contributed by atoms with Crippen molar-refractivity contribution in [2.45, 2.75) is 6.92 Å². The lowest BCUT2D eigenvalue weighted by molar-refractivity contribution is 0.0697. The molecule has 0 saturated carbocycles. The number of carboxylic acid groups (broad SMARTS) is 1. The van der Waals surface area contributed by atoms with Gasteiger partial charge in [0.05, 0.1) is 5.56 Å². The molecule has 0 fully saturated rings. The third-order valence-electron chi connectivity index (χ3n) is 4.28. The molecule has 0 aromatic heterocycles. The fourth-order valence-electron chi connectivity index (χ4n) is 3.16. The minimum atomic E-state index is -0.995. The Hall–Kier alpha value is -3.40. The number of benzene rings is 3. The van der Waals surface area contributed by atoms with Crippen molar-refractivity contribution in [3.8, 4) is 22.5 Å². The number of rotatable bonds is 2. The normalized spacial score (nSPS) is 11.1. The van der Waals surface area contributed by atoms with Gasteiger partial charge in [-0.2, -0.15) is 0 Å². The number of aromatic carboxylic acids is 1. The summed E-state index contributed by atoms with van der Waals surface area (Å²) in [6.45, 7) is 1.95. The van der Waals surface area contributed by atoms with Gasteiger partial charge in [-0.15, -0.1) is 0 Å². The van der Waals surface area contributed by atoms with Gasteiger partial charge in [-0.25, -0.2) is 4.79 Å². The van der Waals surface area contributed by atoms with Crippen LogP contribution in [0.25, 0.3) is 33.4 Å². The second-order valence-corrected chi connectivity index (χ2v) is 5.99. The molecule has 2 aromatic carbocycles. The van der Waals surface area contributed by atoms with Crippen LogP contribution in [-0.2, 0) is 0 Å². The minimum absolute atomic E-state index is 0.152. The standard InChI is InChI=1S/C21H14O4/c1-12-6-8-16-18(10-12)25-19-11-13(22)7-9-17(19)20(16)14-4-2-3-5-15(14)21(23)24/h2-11H,1H3,(H,23,24). The lowest BCUT2D eigenvalue weighted by Crippen LogP contribution is -2.03. The van der Waals surface area contributed by atoms with Crippen molar-refractivity contribution in [3.63, 3.8) is 0 Å². The van der Waals surface area contributed by atoms with Gasteiger partial charge >= 0.3 is 5.97 Å². The van der Waals surface area contributed by atoms with Crippen LogP contribution in [0.5, 0.6) is 0 Å².